The maximum Gasteiger partial charge on any atom is 0.0555 e. The first-order valence-corrected chi connectivity index (χ1v) is 20.7. The summed E-state index contributed by atoms with van der Waals surface area (Å²) < 4.78 is 2.57. The van der Waals surface area contributed by atoms with Gasteiger partial charge in [-0.2, -0.15) is 0 Å². The second-order valence-corrected chi connectivity index (χ2v) is 15.9. The summed E-state index contributed by atoms with van der Waals surface area (Å²) in [5, 5.41) is 7.62. The molecule has 2 heteroatoms. The van der Waals surface area contributed by atoms with Gasteiger partial charge in [0, 0.05) is 31.4 Å². The van der Waals surface area contributed by atoms with Gasteiger partial charge in [-0.25, -0.2) is 0 Å². The summed E-state index contributed by atoms with van der Waals surface area (Å²) in [6, 6.07) is 81.9. The number of hydrogen-bond donors (Lipinski definition) is 0. The number of hydrogen-bond acceptors (Lipinski definition) is 2. The third-order valence-electron chi connectivity index (χ3n) is 11.5. The molecule has 1 nitrogen and oxygen atoms in total. The number of anilines is 3. The van der Waals surface area contributed by atoms with Crippen LogP contribution in [-0.2, 0) is 0 Å². The van der Waals surface area contributed by atoms with E-state index in [1.165, 1.54) is 86.2 Å². The van der Waals surface area contributed by atoms with E-state index in [9.17, 15) is 0 Å². The standard InChI is InChI=1S/C56H37NS/c1-4-15-38(16-5-1)44-31-35-50(49(37-44)40-19-8-3-9-20-40)57(51-27-14-28-52-56(51)55-48-24-11-10-21-41(48)32-36-53(55)58-52)45-33-29-42(30-34-45)47-26-13-23-43-22-12-25-46(54(43)47)39-17-6-2-7-18-39/h1-37H. The molecule has 11 rings (SSSR count). The number of rotatable bonds is 7. The molecule has 0 unspecified atom stereocenters. The minimum atomic E-state index is 1.10. The van der Waals surface area contributed by atoms with Gasteiger partial charge in [0.05, 0.1) is 11.4 Å². The average molecular weight is 756 g/mol. The van der Waals surface area contributed by atoms with Crippen LogP contribution in [0.3, 0.4) is 0 Å². The van der Waals surface area contributed by atoms with E-state index in [1.54, 1.807) is 0 Å². The average Bonchev–Trinajstić information content (AvgIpc) is 3.70. The highest BCUT2D eigenvalue weighted by Gasteiger charge is 2.23. The van der Waals surface area contributed by atoms with E-state index >= 15 is 0 Å². The Balaban J connectivity index is 1.16. The third kappa shape index (κ3) is 5.86. The van der Waals surface area contributed by atoms with Crippen molar-refractivity contribution < 1.29 is 0 Å². The quantitative estimate of drug-likeness (QED) is 0.157. The van der Waals surface area contributed by atoms with Crippen molar-refractivity contribution in [1.82, 2.24) is 0 Å². The van der Waals surface area contributed by atoms with Crippen LogP contribution in [0.4, 0.5) is 17.1 Å². The predicted molar refractivity (Wildman–Crippen MR) is 251 cm³/mol. The lowest BCUT2D eigenvalue weighted by Gasteiger charge is -2.29. The molecule has 10 aromatic carbocycles. The Labute approximate surface area is 342 Å². The van der Waals surface area contributed by atoms with Gasteiger partial charge in [0.15, 0.2) is 0 Å². The van der Waals surface area contributed by atoms with Gasteiger partial charge in [0.1, 0.15) is 0 Å². The Kier molecular flexibility index (Phi) is 8.42. The lowest BCUT2D eigenvalue weighted by Crippen LogP contribution is -2.12. The van der Waals surface area contributed by atoms with Gasteiger partial charge in [-0.15, -0.1) is 11.3 Å². The lowest BCUT2D eigenvalue weighted by molar-refractivity contribution is 1.30. The molecule has 0 radical (unpaired) electrons. The van der Waals surface area contributed by atoms with Gasteiger partial charge in [-0.3, -0.25) is 0 Å². The monoisotopic (exact) mass is 755 g/mol. The van der Waals surface area contributed by atoms with Gasteiger partial charge in [0.25, 0.3) is 0 Å². The summed E-state index contributed by atoms with van der Waals surface area (Å²) in [7, 11) is 0. The molecule has 272 valence electrons. The zero-order valence-electron chi connectivity index (χ0n) is 31.7. The highest BCUT2D eigenvalue weighted by atomic mass is 32.1. The smallest absolute Gasteiger partial charge is 0.0555 e. The van der Waals surface area contributed by atoms with Crippen molar-refractivity contribution in [1.29, 1.82) is 0 Å². The second kappa shape index (κ2) is 14.4. The van der Waals surface area contributed by atoms with Gasteiger partial charge in [-0.1, -0.05) is 182 Å². The first kappa shape index (κ1) is 34.0. The highest BCUT2D eigenvalue weighted by molar-refractivity contribution is 7.26. The van der Waals surface area contributed by atoms with E-state index in [-0.39, 0.29) is 0 Å². The summed E-state index contributed by atoms with van der Waals surface area (Å²) in [5.74, 6) is 0. The van der Waals surface area contributed by atoms with Crippen LogP contribution in [0.2, 0.25) is 0 Å². The molecule has 11 aromatic rings. The molecule has 0 fully saturated rings. The SMILES string of the molecule is c1ccc(-c2ccc(N(c3ccc(-c4cccc5cccc(-c6ccccc6)c45)cc3)c3cccc4sc5ccc6ccccc6c5c34)c(-c3ccccc3)c2)cc1. The number of benzene rings is 10. The van der Waals surface area contributed by atoms with Gasteiger partial charge in [0.2, 0.25) is 0 Å². The molecule has 0 bridgehead atoms. The van der Waals surface area contributed by atoms with Crippen LogP contribution in [0.15, 0.2) is 224 Å². The van der Waals surface area contributed by atoms with E-state index in [4.69, 9.17) is 0 Å². The van der Waals surface area contributed by atoms with E-state index in [1.807, 2.05) is 11.3 Å². The summed E-state index contributed by atoms with van der Waals surface area (Å²) in [4.78, 5) is 2.50. The molecule has 1 heterocycles. The van der Waals surface area contributed by atoms with Crippen molar-refractivity contribution in [3.05, 3.63) is 224 Å². The number of fused-ring (bicyclic) bond motifs is 6. The molecule has 0 aliphatic rings. The van der Waals surface area contributed by atoms with Crippen molar-refractivity contribution in [2.45, 2.75) is 0 Å². The Morgan fingerprint density at radius 1 is 0.293 bits per heavy atom. The Bertz CT molecular complexity index is 3250. The molecule has 0 N–H and O–H groups in total. The zero-order chi connectivity index (χ0) is 38.4. The van der Waals surface area contributed by atoms with Crippen molar-refractivity contribution in [3.63, 3.8) is 0 Å². The van der Waals surface area contributed by atoms with Gasteiger partial charge in [-0.05, 0) is 103 Å². The predicted octanol–water partition coefficient (Wildman–Crippen LogP) is 16.5. The fourth-order valence-electron chi connectivity index (χ4n) is 8.78. The normalized spacial score (nSPS) is 11.4. The molecule has 0 atom stereocenters. The number of thiophene rings is 1. The van der Waals surface area contributed by atoms with Crippen LogP contribution in [0.1, 0.15) is 0 Å². The maximum atomic E-state index is 2.50. The first-order valence-electron chi connectivity index (χ1n) is 19.8. The van der Waals surface area contributed by atoms with E-state index in [2.05, 4.69) is 229 Å². The highest BCUT2D eigenvalue weighted by Crippen LogP contribution is 2.49. The number of nitrogens with zero attached hydrogens (tertiary/aromatic N) is 1. The molecule has 0 aliphatic carbocycles. The minimum Gasteiger partial charge on any atom is -0.309 e. The molecule has 0 spiro atoms. The molecule has 0 aliphatic heterocycles. The molecule has 0 amide bonds. The van der Waals surface area contributed by atoms with Crippen LogP contribution < -0.4 is 4.90 Å². The summed E-state index contributed by atoms with van der Waals surface area (Å²) in [6.07, 6.45) is 0. The third-order valence-corrected chi connectivity index (χ3v) is 12.6. The lowest BCUT2D eigenvalue weighted by atomic mass is 9.91. The fourth-order valence-corrected chi connectivity index (χ4v) is 9.93. The Morgan fingerprint density at radius 2 is 0.845 bits per heavy atom. The van der Waals surface area contributed by atoms with E-state index in [0.717, 1.165) is 17.1 Å². The topological polar surface area (TPSA) is 3.24 Å². The Morgan fingerprint density at radius 3 is 1.55 bits per heavy atom. The van der Waals surface area contributed by atoms with Gasteiger partial charge < -0.3 is 4.90 Å². The second-order valence-electron chi connectivity index (χ2n) is 14.8. The molecular weight excluding hydrogens is 719 g/mol. The molecule has 0 saturated carbocycles. The molecule has 58 heavy (non-hydrogen) atoms. The van der Waals surface area contributed by atoms with Crippen LogP contribution in [-0.4, -0.2) is 0 Å². The van der Waals surface area contributed by atoms with Crippen molar-refractivity contribution in [2.24, 2.45) is 0 Å². The van der Waals surface area contributed by atoms with Crippen LogP contribution in [0.5, 0.6) is 0 Å². The summed E-state index contributed by atoms with van der Waals surface area (Å²) in [5.41, 5.74) is 13.0. The molecular formula is C56H37NS. The maximum absolute atomic E-state index is 2.50. The molecule has 0 saturated heterocycles. The van der Waals surface area contributed by atoms with E-state index < -0.39 is 0 Å². The Hall–Kier alpha value is -7.26. The fraction of sp³-hybridized carbons (Fsp3) is 0. The first-order chi connectivity index (χ1) is 28.8. The summed E-state index contributed by atoms with van der Waals surface area (Å²) >= 11 is 1.87. The summed E-state index contributed by atoms with van der Waals surface area (Å²) in [6.45, 7) is 0. The van der Waals surface area contributed by atoms with Crippen molar-refractivity contribution in [3.8, 4) is 44.5 Å². The van der Waals surface area contributed by atoms with Crippen molar-refractivity contribution in [2.75, 3.05) is 4.90 Å². The van der Waals surface area contributed by atoms with Gasteiger partial charge >= 0.3 is 0 Å². The largest absolute Gasteiger partial charge is 0.309 e. The minimum absolute atomic E-state index is 1.10. The van der Waals surface area contributed by atoms with Crippen LogP contribution in [0, 0.1) is 0 Å². The molecule has 1 aromatic heterocycles. The van der Waals surface area contributed by atoms with E-state index in [0.29, 0.717) is 0 Å². The zero-order valence-corrected chi connectivity index (χ0v) is 32.5. The van der Waals surface area contributed by atoms with Crippen molar-refractivity contribution >= 4 is 70.1 Å². The van der Waals surface area contributed by atoms with Crippen LogP contribution in [0.25, 0.3) is 86.2 Å². The van der Waals surface area contributed by atoms with Crippen LogP contribution >= 0.6 is 11.3 Å².